The second-order valence-corrected chi connectivity index (χ2v) is 11.6. The van der Waals surface area contributed by atoms with Gasteiger partial charge in [0.25, 0.3) is 0 Å². The predicted molar refractivity (Wildman–Crippen MR) is 188 cm³/mol. The molecule has 0 saturated heterocycles. The highest BCUT2D eigenvalue weighted by molar-refractivity contribution is 7.98. The molecule has 0 aliphatic rings. The second-order valence-electron chi connectivity index (χ2n) is 8.92. The monoisotopic (exact) mass is 658 g/mol. The first-order valence-electron chi connectivity index (χ1n) is 13.7. The van der Waals surface area contributed by atoms with Crippen LogP contribution >= 0.6 is 19.4 Å². The summed E-state index contributed by atoms with van der Waals surface area (Å²) in [5.41, 5.74) is 1.91. The second kappa shape index (κ2) is 24.0. The lowest BCUT2D eigenvalue weighted by Crippen LogP contribution is -2.26. The number of carbonyl (C=O) groups is 1. The molecule has 47 heavy (non-hydrogen) atoms. The van der Waals surface area contributed by atoms with Gasteiger partial charge in [-0.15, -0.1) is 18.2 Å². The summed E-state index contributed by atoms with van der Waals surface area (Å²) in [4.78, 5) is 23.2. The summed E-state index contributed by atoms with van der Waals surface area (Å²) in [7, 11) is -2.13. The molecule has 2 aromatic carbocycles. The molecule has 2 rings (SSSR count). The maximum atomic E-state index is 12.7. The Morgan fingerprint density at radius 3 is 1.70 bits per heavy atom. The van der Waals surface area contributed by atoms with Crippen molar-refractivity contribution in [3.8, 4) is 95.2 Å². The molecular weight excluding hydrogens is 627 g/mol. The van der Waals surface area contributed by atoms with E-state index in [1.807, 2.05) is 30.5 Å². The minimum absolute atomic E-state index is 0.104. The van der Waals surface area contributed by atoms with Crippen LogP contribution in [0.4, 0.5) is 11.4 Å². The summed E-state index contributed by atoms with van der Waals surface area (Å²) < 4.78 is 21.8. The Balaban J connectivity index is 0.000000554. The van der Waals surface area contributed by atoms with Crippen molar-refractivity contribution in [3.05, 3.63) is 54.1 Å². The molecule has 0 bridgehead atoms. The van der Waals surface area contributed by atoms with Crippen molar-refractivity contribution in [2.24, 2.45) is 16.1 Å². The number of carbonyl (C=O) groups excluding carboxylic acids is 1. The van der Waals surface area contributed by atoms with E-state index in [4.69, 9.17) is 15.7 Å². The zero-order valence-electron chi connectivity index (χ0n) is 26.6. The third-order valence-electron chi connectivity index (χ3n) is 5.34. The van der Waals surface area contributed by atoms with Crippen LogP contribution < -0.4 is 0 Å². The molecule has 0 spiro atoms. The van der Waals surface area contributed by atoms with Crippen molar-refractivity contribution in [3.63, 3.8) is 0 Å². The average Bonchev–Trinajstić information content (AvgIpc) is 3.05. The Kier molecular flexibility index (Phi) is 20.2. The lowest BCUT2D eigenvalue weighted by atomic mass is 9.95. The SMILES string of the molecule is C#CC#CC#CC#CC#CC#CC#CC#CC.COC[C@H](CC(=O)c1ccc(N=Nc2ccc(SC)cc2)cc1)[C@H](C)OP(C)(=O)O. The van der Waals surface area contributed by atoms with Gasteiger partial charge in [-0.3, -0.25) is 9.36 Å². The van der Waals surface area contributed by atoms with Gasteiger partial charge in [0, 0.05) is 36.6 Å². The summed E-state index contributed by atoms with van der Waals surface area (Å²) >= 11 is 1.66. The molecule has 7 nitrogen and oxygen atoms in total. The zero-order valence-corrected chi connectivity index (χ0v) is 28.3. The van der Waals surface area contributed by atoms with E-state index in [0.29, 0.717) is 11.3 Å². The molecule has 234 valence electrons. The van der Waals surface area contributed by atoms with Crippen molar-refractivity contribution in [1.29, 1.82) is 0 Å². The number of terminal acetylenes is 1. The van der Waals surface area contributed by atoms with Gasteiger partial charge in [0.05, 0.1) is 24.1 Å². The molecule has 9 heteroatoms. The number of benzene rings is 2. The largest absolute Gasteiger partial charge is 0.384 e. The molecule has 0 fully saturated rings. The fourth-order valence-corrected chi connectivity index (χ4v) is 4.44. The number of hydrogen-bond acceptors (Lipinski definition) is 7. The number of ether oxygens (including phenoxy) is 1. The minimum Gasteiger partial charge on any atom is -0.384 e. The normalized spacial score (nSPS) is 11.3. The summed E-state index contributed by atoms with van der Waals surface area (Å²) in [6.45, 7) is 4.74. The van der Waals surface area contributed by atoms with E-state index in [0.717, 1.165) is 17.2 Å². The number of Topliss-reactive ketones (excluding diaryl/α,β-unsaturated/α-hetero) is 1. The van der Waals surface area contributed by atoms with E-state index in [-0.39, 0.29) is 24.7 Å². The van der Waals surface area contributed by atoms with Crippen LogP contribution in [0.15, 0.2) is 63.7 Å². The summed E-state index contributed by atoms with van der Waals surface area (Å²) in [5, 5.41) is 8.40. The maximum absolute atomic E-state index is 12.7. The molecule has 0 heterocycles. The maximum Gasteiger partial charge on any atom is 0.325 e. The van der Waals surface area contributed by atoms with E-state index < -0.39 is 13.7 Å². The van der Waals surface area contributed by atoms with E-state index in [1.54, 1.807) is 49.9 Å². The number of rotatable bonds is 11. The van der Waals surface area contributed by atoms with Crippen molar-refractivity contribution in [1.82, 2.24) is 0 Å². The Morgan fingerprint density at radius 2 is 1.30 bits per heavy atom. The van der Waals surface area contributed by atoms with Gasteiger partial charge in [-0.2, -0.15) is 10.2 Å². The third kappa shape index (κ3) is 19.6. The fourth-order valence-electron chi connectivity index (χ4n) is 3.25. The highest BCUT2D eigenvalue weighted by atomic mass is 32.2. The van der Waals surface area contributed by atoms with Crippen LogP contribution in [-0.4, -0.2) is 43.4 Å². The average molecular weight is 659 g/mol. The zero-order chi connectivity index (χ0) is 34.8. The van der Waals surface area contributed by atoms with E-state index in [9.17, 15) is 14.3 Å². The van der Waals surface area contributed by atoms with Crippen LogP contribution in [-0.2, 0) is 13.8 Å². The van der Waals surface area contributed by atoms with Gasteiger partial charge in [0.15, 0.2) is 5.78 Å². The van der Waals surface area contributed by atoms with Gasteiger partial charge in [0.2, 0.25) is 0 Å². The summed E-state index contributed by atoms with van der Waals surface area (Å²) in [5.74, 6) is 36.5. The smallest absolute Gasteiger partial charge is 0.325 e. The topological polar surface area (TPSA) is 97.5 Å². The molecule has 0 aliphatic carbocycles. The number of ketones is 1. The molecule has 1 N–H and O–H groups in total. The van der Waals surface area contributed by atoms with Crippen LogP contribution in [0.5, 0.6) is 0 Å². The lowest BCUT2D eigenvalue weighted by Gasteiger charge is -2.24. The summed E-state index contributed by atoms with van der Waals surface area (Å²) in [6, 6.07) is 14.6. The molecule has 0 aromatic heterocycles. The van der Waals surface area contributed by atoms with Crippen LogP contribution in [0, 0.1) is 101 Å². The van der Waals surface area contributed by atoms with Crippen LogP contribution in [0.25, 0.3) is 0 Å². The van der Waals surface area contributed by atoms with Crippen molar-refractivity contribution >= 4 is 36.5 Å². The highest BCUT2D eigenvalue weighted by Gasteiger charge is 2.26. The Morgan fingerprint density at radius 1 is 0.851 bits per heavy atom. The predicted octanol–water partition coefficient (Wildman–Crippen LogP) is 6.54. The minimum atomic E-state index is -3.65. The van der Waals surface area contributed by atoms with Crippen molar-refractivity contribution in [2.45, 2.75) is 31.3 Å². The highest BCUT2D eigenvalue weighted by Crippen LogP contribution is 2.40. The molecule has 2 aromatic rings. The first-order valence-corrected chi connectivity index (χ1v) is 16.9. The van der Waals surface area contributed by atoms with Crippen LogP contribution in [0.1, 0.15) is 30.6 Å². The van der Waals surface area contributed by atoms with E-state index >= 15 is 0 Å². The lowest BCUT2D eigenvalue weighted by molar-refractivity contribution is 0.0563. The molecule has 3 atom stereocenters. The Labute approximate surface area is 282 Å². The van der Waals surface area contributed by atoms with Gasteiger partial charge in [-0.05, 0) is 152 Å². The van der Waals surface area contributed by atoms with Gasteiger partial charge >= 0.3 is 7.60 Å². The molecule has 0 radical (unpaired) electrons. The Hall–Kier alpha value is -5.35. The van der Waals surface area contributed by atoms with Gasteiger partial charge in [-0.1, -0.05) is 5.92 Å². The van der Waals surface area contributed by atoms with E-state index in [2.05, 4.69) is 99.0 Å². The number of methoxy groups -OCH3 is 1. The van der Waals surface area contributed by atoms with Gasteiger partial charge < -0.3 is 14.2 Å². The Bertz CT molecular complexity index is 1930. The standard InChI is InChI=1S/C21H27N2O5PS.C17H4/c1-15(28-29(3,25)26)17(14-27-2)13-21(24)16-5-7-18(8-6-16)22-23-19-9-11-20(30-4)12-10-19;1-3-5-7-9-11-13-15-17-16-14-12-10-8-6-4-2/h5-12,15,17H,13-14H2,1-4H3,(H,25,26);1H,2H3/t15-,17-;/m0./s1. The molecule has 0 amide bonds. The van der Waals surface area contributed by atoms with Crippen molar-refractivity contribution in [2.75, 3.05) is 26.6 Å². The number of hydrogen-bond donors (Lipinski definition) is 1. The molecule has 0 saturated carbocycles. The first kappa shape index (κ1) is 39.7. The number of nitrogens with zero attached hydrogens (tertiary/aromatic N) is 2. The van der Waals surface area contributed by atoms with Crippen molar-refractivity contribution < 1.29 is 23.5 Å². The van der Waals surface area contributed by atoms with Crippen LogP contribution in [0.2, 0.25) is 0 Å². The third-order valence-corrected chi connectivity index (χ3v) is 6.81. The van der Waals surface area contributed by atoms with Crippen LogP contribution in [0.3, 0.4) is 0 Å². The first-order chi connectivity index (χ1) is 22.6. The number of thioether (sulfide) groups is 1. The number of azo groups is 1. The quantitative estimate of drug-likeness (QED) is 0.0969. The van der Waals surface area contributed by atoms with E-state index in [1.165, 1.54) is 7.11 Å². The fraction of sp³-hybridized carbons (Fsp3) is 0.237. The summed E-state index contributed by atoms with van der Waals surface area (Å²) in [6.07, 6.45) is 6.44. The molecule has 0 aliphatic heterocycles. The molecular formula is C38H31N2O5PS. The molecule has 1 unspecified atom stereocenters. The van der Waals surface area contributed by atoms with Gasteiger partial charge in [0.1, 0.15) is 0 Å². The van der Waals surface area contributed by atoms with Gasteiger partial charge in [-0.25, -0.2) is 0 Å².